The van der Waals surface area contributed by atoms with Gasteiger partial charge in [0.25, 0.3) is 0 Å². The molecule has 0 aliphatic heterocycles. The van der Waals surface area contributed by atoms with Crippen LogP contribution in [0.25, 0.3) is 0 Å². The van der Waals surface area contributed by atoms with Crippen LogP contribution in [0.1, 0.15) is 33.6 Å². The molecule has 0 atom stereocenters. The molecular formula is C11H20N2. The van der Waals surface area contributed by atoms with E-state index in [4.69, 9.17) is 5.73 Å². The Balaban J connectivity index is 3.84. The summed E-state index contributed by atoms with van der Waals surface area (Å²) in [6.07, 6.45) is 1.87. The van der Waals surface area contributed by atoms with Gasteiger partial charge in [-0.1, -0.05) is 18.7 Å². The predicted molar refractivity (Wildman–Crippen MR) is 58.9 cm³/mol. The van der Waals surface area contributed by atoms with Crippen molar-refractivity contribution in [1.29, 1.82) is 0 Å². The van der Waals surface area contributed by atoms with Crippen molar-refractivity contribution < 1.29 is 0 Å². The lowest BCUT2D eigenvalue weighted by molar-refractivity contribution is 0.824. The summed E-state index contributed by atoms with van der Waals surface area (Å²) in [6.45, 7) is 13.5. The summed E-state index contributed by atoms with van der Waals surface area (Å²) >= 11 is 0. The zero-order valence-corrected chi connectivity index (χ0v) is 8.91. The third kappa shape index (κ3) is 6.02. The van der Waals surface area contributed by atoms with E-state index < -0.39 is 0 Å². The van der Waals surface area contributed by atoms with Gasteiger partial charge >= 0.3 is 0 Å². The van der Waals surface area contributed by atoms with Crippen molar-refractivity contribution in [3.8, 4) is 0 Å². The average Bonchev–Trinajstić information content (AvgIpc) is 1.98. The van der Waals surface area contributed by atoms with Crippen molar-refractivity contribution in [2.24, 2.45) is 5.73 Å². The van der Waals surface area contributed by atoms with Crippen molar-refractivity contribution in [1.82, 2.24) is 5.32 Å². The van der Waals surface area contributed by atoms with Gasteiger partial charge in [0.1, 0.15) is 0 Å². The number of nitrogens with two attached hydrogens (primary N) is 1. The molecule has 0 radical (unpaired) electrons. The first kappa shape index (κ1) is 11.8. The molecular weight excluding hydrogens is 160 g/mol. The van der Waals surface area contributed by atoms with Gasteiger partial charge in [-0.15, -0.1) is 0 Å². The summed E-state index contributed by atoms with van der Waals surface area (Å²) in [6, 6.07) is 0. The highest BCUT2D eigenvalue weighted by Crippen LogP contribution is 2.10. The lowest BCUT2D eigenvalue weighted by atomic mass is 10.1. The fourth-order valence-corrected chi connectivity index (χ4v) is 0.900. The van der Waals surface area contributed by atoms with E-state index in [9.17, 15) is 0 Å². The molecule has 0 saturated carbocycles. The van der Waals surface area contributed by atoms with Gasteiger partial charge < -0.3 is 11.1 Å². The molecule has 13 heavy (non-hydrogen) atoms. The molecule has 74 valence electrons. The molecule has 0 bridgehead atoms. The van der Waals surface area contributed by atoms with Crippen molar-refractivity contribution in [3.63, 3.8) is 0 Å². The molecule has 0 aromatic rings. The van der Waals surface area contributed by atoms with Crippen molar-refractivity contribution >= 4 is 0 Å². The Labute approximate surface area is 81.2 Å². The number of rotatable bonds is 5. The largest absolute Gasteiger partial charge is 0.402 e. The molecule has 3 N–H and O–H groups in total. The smallest absolute Gasteiger partial charge is 0.00786 e. The van der Waals surface area contributed by atoms with E-state index in [0.717, 1.165) is 29.9 Å². The van der Waals surface area contributed by atoms with E-state index >= 15 is 0 Å². The van der Waals surface area contributed by atoms with Crippen molar-refractivity contribution in [3.05, 3.63) is 35.8 Å². The van der Waals surface area contributed by atoms with Gasteiger partial charge in [0.15, 0.2) is 0 Å². The maximum Gasteiger partial charge on any atom is 0.00786 e. The normalized spacial score (nSPS) is 11.9. The molecule has 0 aromatic heterocycles. The Hall–Kier alpha value is -1.18. The van der Waals surface area contributed by atoms with E-state index in [0.29, 0.717) is 0 Å². The molecule has 0 heterocycles. The fourth-order valence-electron chi connectivity index (χ4n) is 0.900. The second-order valence-electron chi connectivity index (χ2n) is 3.47. The molecule has 0 aliphatic carbocycles. The highest BCUT2D eigenvalue weighted by Gasteiger charge is 1.96. The standard InChI is InChI=1S/C11H20N2/c1-8(2)13-10(4)7-6-9(3)11(5)12/h13H,1,4,6-7,12H2,2-3,5H3/b11-9-. The number of hydrogen-bond donors (Lipinski definition) is 2. The fraction of sp³-hybridized carbons (Fsp3) is 0.455. The van der Waals surface area contributed by atoms with E-state index in [1.165, 1.54) is 5.57 Å². The molecule has 0 saturated heterocycles. The number of nitrogens with one attached hydrogen (secondary N) is 1. The topological polar surface area (TPSA) is 38.0 Å². The molecule has 2 heteroatoms. The quantitative estimate of drug-likeness (QED) is 0.682. The Morgan fingerprint density at radius 1 is 1.15 bits per heavy atom. The Morgan fingerprint density at radius 3 is 2.08 bits per heavy atom. The van der Waals surface area contributed by atoms with Crippen LogP contribution in [0.4, 0.5) is 0 Å². The summed E-state index contributed by atoms with van der Waals surface area (Å²) in [7, 11) is 0. The summed E-state index contributed by atoms with van der Waals surface area (Å²) < 4.78 is 0. The third-order valence-corrected chi connectivity index (χ3v) is 1.87. The lowest BCUT2D eigenvalue weighted by Gasteiger charge is -2.09. The Morgan fingerprint density at radius 2 is 1.69 bits per heavy atom. The second kappa shape index (κ2) is 5.46. The van der Waals surface area contributed by atoms with Gasteiger partial charge in [0.05, 0.1) is 0 Å². The summed E-state index contributed by atoms with van der Waals surface area (Å²) in [4.78, 5) is 0. The van der Waals surface area contributed by atoms with Crippen LogP contribution in [0, 0.1) is 0 Å². The minimum absolute atomic E-state index is 0.906. The van der Waals surface area contributed by atoms with Crippen LogP contribution in [0.3, 0.4) is 0 Å². The summed E-state index contributed by atoms with van der Waals surface area (Å²) in [5.74, 6) is 0. The maximum absolute atomic E-state index is 5.64. The molecule has 0 fully saturated rings. The second-order valence-corrected chi connectivity index (χ2v) is 3.47. The highest BCUT2D eigenvalue weighted by atomic mass is 14.9. The van der Waals surface area contributed by atoms with Crippen molar-refractivity contribution in [2.75, 3.05) is 0 Å². The van der Waals surface area contributed by atoms with Crippen LogP contribution >= 0.6 is 0 Å². The Bertz CT molecular complexity index is 232. The minimum atomic E-state index is 0.906. The molecule has 0 aliphatic rings. The number of allylic oxidation sites excluding steroid dienone is 4. The highest BCUT2D eigenvalue weighted by molar-refractivity contribution is 5.09. The summed E-state index contributed by atoms with van der Waals surface area (Å²) in [5.41, 5.74) is 9.69. The van der Waals surface area contributed by atoms with Gasteiger partial charge in [0, 0.05) is 17.1 Å². The van der Waals surface area contributed by atoms with Crippen LogP contribution in [0.15, 0.2) is 35.8 Å². The molecule has 0 aromatic carbocycles. The molecule has 0 spiro atoms. The van der Waals surface area contributed by atoms with E-state index in [-0.39, 0.29) is 0 Å². The monoisotopic (exact) mass is 180 g/mol. The first-order chi connectivity index (χ1) is 5.93. The first-order valence-electron chi connectivity index (χ1n) is 4.45. The van der Waals surface area contributed by atoms with Crippen LogP contribution < -0.4 is 11.1 Å². The molecule has 0 amide bonds. The van der Waals surface area contributed by atoms with Crippen LogP contribution in [0.5, 0.6) is 0 Å². The third-order valence-electron chi connectivity index (χ3n) is 1.87. The zero-order chi connectivity index (χ0) is 10.4. The summed E-state index contributed by atoms with van der Waals surface area (Å²) in [5, 5.41) is 3.08. The van der Waals surface area contributed by atoms with Crippen LogP contribution in [-0.4, -0.2) is 0 Å². The number of hydrogen-bond acceptors (Lipinski definition) is 2. The lowest BCUT2D eigenvalue weighted by Crippen LogP contribution is -2.08. The van der Waals surface area contributed by atoms with Crippen molar-refractivity contribution in [2.45, 2.75) is 33.6 Å². The van der Waals surface area contributed by atoms with E-state index in [1.807, 2.05) is 20.8 Å². The maximum atomic E-state index is 5.64. The molecule has 0 unspecified atom stereocenters. The van der Waals surface area contributed by atoms with Gasteiger partial charge in [-0.05, 0) is 33.6 Å². The molecule has 0 rings (SSSR count). The van der Waals surface area contributed by atoms with Gasteiger partial charge in [-0.2, -0.15) is 0 Å². The zero-order valence-electron chi connectivity index (χ0n) is 8.91. The van der Waals surface area contributed by atoms with Gasteiger partial charge in [-0.3, -0.25) is 0 Å². The SMILES string of the molecule is C=C(C)NC(=C)CC/C(C)=C(/C)N. The minimum Gasteiger partial charge on any atom is -0.402 e. The van der Waals surface area contributed by atoms with Gasteiger partial charge in [-0.25, -0.2) is 0 Å². The first-order valence-corrected chi connectivity index (χ1v) is 4.45. The van der Waals surface area contributed by atoms with E-state index in [1.54, 1.807) is 0 Å². The van der Waals surface area contributed by atoms with E-state index in [2.05, 4.69) is 18.5 Å². The Kier molecular flexibility index (Phi) is 4.97. The predicted octanol–water partition coefficient (Wildman–Crippen LogP) is 2.66. The van der Waals surface area contributed by atoms with Crippen LogP contribution in [0.2, 0.25) is 0 Å². The van der Waals surface area contributed by atoms with Crippen LogP contribution in [-0.2, 0) is 0 Å². The van der Waals surface area contributed by atoms with Gasteiger partial charge in [0.2, 0.25) is 0 Å². The molecule has 2 nitrogen and oxygen atoms in total. The average molecular weight is 180 g/mol.